The normalized spacial score (nSPS) is 14.1. The number of hydrogen-bond donors (Lipinski definition) is 1. The average Bonchev–Trinajstić information content (AvgIpc) is 2.67. The SMILES string of the molecule is CCNCc1sc(C(C)S(C)(=O)=O)nc1C(C)C. The maximum atomic E-state index is 11.6. The van der Waals surface area contributed by atoms with E-state index < -0.39 is 15.1 Å². The molecule has 0 amide bonds. The van der Waals surface area contributed by atoms with Crippen LogP contribution in [0.1, 0.15) is 54.4 Å². The number of nitrogens with one attached hydrogen (secondary N) is 1. The number of sulfone groups is 1. The fraction of sp³-hybridized carbons (Fsp3) is 0.750. The van der Waals surface area contributed by atoms with Crippen molar-refractivity contribution < 1.29 is 8.42 Å². The molecule has 18 heavy (non-hydrogen) atoms. The third-order valence-electron chi connectivity index (χ3n) is 2.82. The van der Waals surface area contributed by atoms with Crippen molar-refractivity contribution in [3.8, 4) is 0 Å². The number of rotatable bonds is 6. The Bertz CT molecular complexity index is 492. The molecule has 1 aromatic heterocycles. The molecule has 0 radical (unpaired) electrons. The van der Waals surface area contributed by atoms with Crippen LogP contribution in [0.5, 0.6) is 0 Å². The topological polar surface area (TPSA) is 59.1 Å². The molecule has 1 aromatic rings. The van der Waals surface area contributed by atoms with Gasteiger partial charge in [0, 0.05) is 17.7 Å². The van der Waals surface area contributed by atoms with Crippen LogP contribution in [0.3, 0.4) is 0 Å². The van der Waals surface area contributed by atoms with E-state index in [1.807, 2.05) is 0 Å². The second kappa shape index (κ2) is 6.12. The molecule has 4 nitrogen and oxygen atoms in total. The first-order valence-electron chi connectivity index (χ1n) is 6.16. The Morgan fingerprint density at radius 1 is 1.33 bits per heavy atom. The predicted molar refractivity (Wildman–Crippen MR) is 76.8 cm³/mol. The Balaban J connectivity index is 3.09. The van der Waals surface area contributed by atoms with Gasteiger partial charge in [-0.25, -0.2) is 13.4 Å². The lowest BCUT2D eigenvalue weighted by Crippen LogP contribution is -2.12. The lowest BCUT2D eigenvalue weighted by atomic mass is 10.1. The van der Waals surface area contributed by atoms with Crippen LogP contribution in [0, 0.1) is 0 Å². The summed E-state index contributed by atoms with van der Waals surface area (Å²) in [5, 5.41) is 3.46. The molecule has 104 valence electrons. The summed E-state index contributed by atoms with van der Waals surface area (Å²) in [6, 6.07) is 0. The van der Waals surface area contributed by atoms with Gasteiger partial charge in [0.05, 0.1) is 5.69 Å². The Morgan fingerprint density at radius 3 is 2.39 bits per heavy atom. The summed E-state index contributed by atoms with van der Waals surface area (Å²) in [6.07, 6.45) is 1.26. The lowest BCUT2D eigenvalue weighted by Gasteiger charge is -2.05. The van der Waals surface area contributed by atoms with E-state index in [1.54, 1.807) is 6.92 Å². The summed E-state index contributed by atoms with van der Waals surface area (Å²) in [7, 11) is -3.08. The monoisotopic (exact) mass is 290 g/mol. The van der Waals surface area contributed by atoms with Gasteiger partial charge in [0.15, 0.2) is 9.84 Å². The zero-order valence-corrected chi connectivity index (χ0v) is 13.3. The first-order chi connectivity index (χ1) is 8.27. The van der Waals surface area contributed by atoms with Crippen LogP contribution in [0.15, 0.2) is 0 Å². The van der Waals surface area contributed by atoms with Crippen LogP contribution < -0.4 is 5.32 Å². The highest BCUT2D eigenvalue weighted by Crippen LogP contribution is 2.31. The summed E-state index contributed by atoms with van der Waals surface area (Å²) in [5.41, 5.74) is 1.02. The predicted octanol–water partition coefficient (Wildman–Crippen LogP) is 2.48. The van der Waals surface area contributed by atoms with Gasteiger partial charge in [0.1, 0.15) is 10.3 Å². The molecule has 0 saturated heterocycles. The highest BCUT2D eigenvalue weighted by Gasteiger charge is 2.23. The smallest absolute Gasteiger partial charge is 0.156 e. The molecule has 0 fully saturated rings. The van der Waals surface area contributed by atoms with Gasteiger partial charge in [-0.3, -0.25) is 0 Å². The van der Waals surface area contributed by atoms with Crippen LogP contribution in [0.4, 0.5) is 0 Å². The largest absolute Gasteiger partial charge is 0.312 e. The van der Waals surface area contributed by atoms with Gasteiger partial charge in [-0.2, -0.15) is 0 Å². The minimum atomic E-state index is -3.08. The molecule has 6 heteroatoms. The van der Waals surface area contributed by atoms with Crippen LogP contribution in [-0.4, -0.2) is 26.2 Å². The quantitative estimate of drug-likeness (QED) is 0.874. The number of thiazole rings is 1. The Labute approximate surface area is 114 Å². The minimum Gasteiger partial charge on any atom is -0.312 e. The highest BCUT2D eigenvalue weighted by molar-refractivity contribution is 7.91. The number of nitrogens with zero attached hydrogens (tertiary/aromatic N) is 1. The third kappa shape index (κ3) is 3.76. The molecule has 0 saturated carbocycles. The molecule has 0 aliphatic rings. The van der Waals surface area contributed by atoms with E-state index in [0.29, 0.717) is 10.9 Å². The van der Waals surface area contributed by atoms with E-state index >= 15 is 0 Å². The minimum absolute atomic E-state index is 0.315. The lowest BCUT2D eigenvalue weighted by molar-refractivity contribution is 0.591. The van der Waals surface area contributed by atoms with Crippen LogP contribution in [-0.2, 0) is 16.4 Å². The van der Waals surface area contributed by atoms with Crippen molar-refractivity contribution in [2.24, 2.45) is 0 Å². The van der Waals surface area contributed by atoms with E-state index in [2.05, 4.69) is 31.1 Å². The first kappa shape index (κ1) is 15.6. The molecular formula is C12H22N2O2S2. The second-order valence-corrected chi connectivity index (χ2v) is 8.25. The van der Waals surface area contributed by atoms with Crippen LogP contribution in [0.2, 0.25) is 0 Å². The van der Waals surface area contributed by atoms with Gasteiger partial charge >= 0.3 is 0 Å². The van der Waals surface area contributed by atoms with Crippen molar-refractivity contribution in [1.29, 1.82) is 0 Å². The molecule has 1 atom stereocenters. The van der Waals surface area contributed by atoms with Crippen molar-refractivity contribution in [1.82, 2.24) is 10.3 Å². The van der Waals surface area contributed by atoms with E-state index in [-0.39, 0.29) is 0 Å². The van der Waals surface area contributed by atoms with Gasteiger partial charge in [-0.15, -0.1) is 11.3 Å². The summed E-state index contributed by atoms with van der Waals surface area (Å²) in [4.78, 5) is 5.68. The van der Waals surface area contributed by atoms with E-state index in [1.165, 1.54) is 17.6 Å². The van der Waals surface area contributed by atoms with E-state index in [4.69, 9.17) is 0 Å². The molecule has 0 aromatic carbocycles. The molecule has 1 heterocycles. The standard InChI is InChI=1S/C12H22N2O2S2/c1-6-13-7-10-11(8(2)3)14-12(17-10)9(4)18(5,15)16/h8-9,13H,6-7H2,1-5H3. The van der Waals surface area contributed by atoms with Crippen molar-refractivity contribution in [3.05, 3.63) is 15.6 Å². The summed E-state index contributed by atoms with van der Waals surface area (Å²) in [5.74, 6) is 0.315. The maximum Gasteiger partial charge on any atom is 0.156 e. The molecule has 1 N–H and O–H groups in total. The van der Waals surface area contributed by atoms with Crippen LogP contribution in [0.25, 0.3) is 0 Å². The molecule has 0 aliphatic heterocycles. The molecule has 1 rings (SSSR count). The molecule has 1 unspecified atom stereocenters. The fourth-order valence-corrected chi connectivity index (χ4v) is 3.77. The van der Waals surface area contributed by atoms with E-state index in [9.17, 15) is 8.42 Å². The first-order valence-corrected chi connectivity index (χ1v) is 8.93. The number of aromatic nitrogens is 1. The van der Waals surface area contributed by atoms with Crippen molar-refractivity contribution in [3.63, 3.8) is 0 Å². The second-order valence-electron chi connectivity index (χ2n) is 4.77. The zero-order valence-electron chi connectivity index (χ0n) is 11.6. The Kier molecular flexibility index (Phi) is 5.31. The van der Waals surface area contributed by atoms with Crippen LogP contribution >= 0.6 is 11.3 Å². The summed E-state index contributed by atoms with van der Waals surface area (Å²) >= 11 is 1.51. The van der Waals surface area contributed by atoms with Crippen molar-refractivity contribution in [2.45, 2.75) is 45.4 Å². The van der Waals surface area contributed by atoms with Gasteiger partial charge < -0.3 is 5.32 Å². The van der Waals surface area contributed by atoms with Gasteiger partial charge in [-0.05, 0) is 19.4 Å². The highest BCUT2D eigenvalue weighted by atomic mass is 32.2. The molecule has 0 aliphatic carbocycles. The molecule has 0 bridgehead atoms. The van der Waals surface area contributed by atoms with Gasteiger partial charge in [0.25, 0.3) is 0 Å². The zero-order chi connectivity index (χ0) is 13.9. The maximum absolute atomic E-state index is 11.6. The number of hydrogen-bond acceptors (Lipinski definition) is 5. The Morgan fingerprint density at radius 2 is 1.94 bits per heavy atom. The summed E-state index contributed by atoms with van der Waals surface area (Å²) < 4.78 is 23.2. The van der Waals surface area contributed by atoms with Crippen molar-refractivity contribution in [2.75, 3.05) is 12.8 Å². The summed E-state index contributed by atoms with van der Waals surface area (Å²) in [6.45, 7) is 9.58. The third-order valence-corrected chi connectivity index (χ3v) is 5.73. The van der Waals surface area contributed by atoms with E-state index in [0.717, 1.165) is 23.7 Å². The Hall–Kier alpha value is -0.460. The van der Waals surface area contributed by atoms with Gasteiger partial charge in [-0.1, -0.05) is 20.8 Å². The molecule has 0 spiro atoms. The molecular weight excluding hydrogens is 268 g/mol. The average molecular weight is 290 g/mol. The fourth-order valence-electron chi connectivity index (χ4n) is 1.56. The van der Waals surface area contributed by atoms with Crippen molar-refractivity contribution >= 4 is 21.2 Å². The van der Waals surface area contributed by atoms with Gasteiger partial charge in [0.2, 0.25) is 0 Å².